The molecule has 1 fully saturated rings. The van der Waals surface area contributed by atoms with Gasteiger partial charge in [0.05, 0.1) is 5.56 Å². The molecule has 0 saturated carbocycles. The van der Waals surface area contributed by atoms with Crippen molar-refractivity contribution in [1.29, 1.82) is 0 Å². The Morgan fingerprint density at radius 3 is 2.63 bits per heavy atom. The van der Waals surface area contributed by atoms with Crippen LogP contribution in [0, 0.1) is 0 Å². The van der Waals surface area contributed by atoms with Gasteiger partial charge in [0.15, 0.2) is 0 Å². The number of hydrogen-bond acceptors (Lipinski definition) is 7. The second kappa shape index (κ2) is 11.5. The molecule has 8 heteroatoms. The SMILES string of the molecule is CN(C)CC=CC(=O)N1CCC[C@@H](Nc2ncnc(N)c2-c2ccc(Oc3ccccc3)cc2)C1. The summed E-state index contributed by atoms with van der Waals surface area (Å²) in [5.41, 5.74) is 7.91. The first-order valence-corrected chi connectivity index (χ1v) is 11.8. The Kier molecular flexibility index (Phi) is 7.95. The number of amides is 1. The zero-order valence-electron chi connectivity index (χ0n) is 20.2. The van der Waals surface area contributed by atoms with E-state index in [2.05, 4.69) is 15.3 Å². The van der Waals surface area contributed by atoms with E-state index < -0.39 is 0 Å². The van der Waals surface area contributed by atoms with Gasteiger partial charge in [0.2, 0.25) is 5.91 Å². The molecule has 2 heterocycles. The van der Waals surface area contributed by atoms with E-state index in [-0.39, 0.29) is 11.9 Å². The Labute approximate surface area is 206 Å². The molecule has 2 aromatic carbocycles. The van der Waals surface area contributed by atoms with E-state index in [4.69, 9.17) is 10.5 Å². The number of nitrogens with one attached hydrogen (secondary N) is 1. The minimum atomic E-state index is 0.0368. The van der Waals surface area contributed by atoms with Crippen LogP contribution >= 0.6 is 0 Å². The van der Waals surface area contributed by atoms with E-state index in [0.29, 0.717) is 18.2 Å². The van der Waals surface area contributed by atoms with E-state index in [1.807, 2.05) is 84.6 Å². The van der Waals surface area contributed by atoms with Crippen LogP contribution in [0.2, 0.25) is 0 Å². The molecule has 0 spiro atoms. The zero-order valence-corrected chi connectivity index (χ0v) is 20.2. The summed E-state index contributed by atoms with van der Waals surface area (Å²) in [5.74, 6) is 2.60. The number of rotatable bonds is 8. The molecule has 182 valence electrons. The minimum Gasteiger partial charge on any atom is -0.457 e. The van der Waals surface area contributed by atoms with E-state index in [1.165, 1.54) is 6.33 Å². The maximum absolute atomic E-state index is 12.6. The number of para-hydroxylation sites is 1. The average Bonchev–Trinajstić information content (AvgIpc) is 2.85. The van der Waals surface area contributed by atoms with Crippen LogP contribution in [0.1, 0.15) is 12.8 Å². The van der Waals surface area contributed by atoms with Crippen molar-refractivity contribution in [2.24, 2.45) is 0 Å². The van der Waals surface area contributed by atoms with Gasteiger partial charge in [-0.25, -0.2) is 9.97 Å². The number of anilines is 2. The molecule has 1 saturated heterocycles. The van der Waals surface area contributed by atoms with E-state index in [1.54, 1.807) is 6.08 Å². The fraction of sp³-hybridized carbons (Fsp3) is 0.296. The Bertz CT molecular complexity index is 1150. The number of benzene rings is 2. The molecule has 0 unspecified atom stereocenters. The molecule has 0 aliphatic carbocycles. The highest BCUT2D eigenvalue weighted by molar-refractivity contribution is 5.88. The fourth-order valence-electron chi connectivity index (χ4n) is 4.07. The Morgan fingerprint density at radius 1 is 1.14 bits per heavy atom. The lowest BCUT2D eigenvalue weighted by Crippen LogP contribution is -2.44. The van der Waals surface area contributed by atoms with E-state index in [9.17, 15) is 4.79 Å². The first kappa shape index (κ1) is 24.2. The molecule has 1 amide bonds. The number of nitrogens with zero attached hydrogens (tertiary/aromatic N) is 4. The maximum Gasteiger partial charge on any atom is 0.246 e. The van der Waals surface area contributed by atoms with Crippen LogP contribution in [0.15, 0.2) is 73.1 Å². The number of nitrogens with two attached hydrogens (primary N) is 1. The highest BCUT2D eigenvalue weighted by Gasteiger charge is 2.24. The second-order valence-electron chi connectivity index (χ2n) is 8.85. The van der Waals surface area contributed by atoms with Crippen LogP contribution in [0.4, 0.5) is 11.6 Å². The van der Waals surface area contributed by atoms with Gasteiger partial charge in [0.25, 0.3) is 0 Å². The highest BCUT2D eigenvalue weighted by Crippen LogP contribution is 2.33. The van der Waals surface area contributed by atoms with Crippen molar-refractivity contribution in [2.45, 2.75) is 18.9 Å². The lowest BCUT2D eigenvalue weighted by atomic mass is 10.0. The number of nitrogen functional groups attached to an aromatic ring is 1. The summed E-state index contributed by atoms with van der Waals surface area (Å²) in [4.78, 5) is 25.2. The third kappa shape index (κ3) is 6.58. The third-order valence-corrected chi connectivity index (χ3v) is 5.80. The van der Waals surface area contributed by atoms with Gasteiger partial charge in [-0.3, -0.25) is 4.79 Å². The molecule has 3 N–H and O–H groups in total. The topological polar surface area (TPSA) is 96.6 Å². The van der Waals surface area contributed by atoms with Gasteiger partial charge < -0.3 is 25.6 Å². The van der Waals surface area contributed by atoms with Crippen molar-refractivity contribution in [2.75, 3.05) is 44.8 Å². The number of likely N-dealkylation sites (N-methyl/N-ethyl adjacent to an activating group) is 1. The largest absolute Gasteiger partial charge is 0.457 e. The molecular weight excluding hydrogens is 440 g/mol. The average molecular weight is 473 g/mol. The first-order chi connectivity index (χ1) is 17.0. The minimum absolute atomic E-state index is 0.0368. The maximum atomic E-state index is 12.6. The predicted octanol–water partition coefficient (Wildman–Crippen LogP) is 4.04. The molecule has 1 atom stereocenters. The lowest BCUT2D eigenvalue weighted by molar-refractivity contribution is -0.127. The van der Waals surface area contributed by atoms with Crippen molar-refractivity contribution in [3.63, 3.8) is 0 Å². The van der Waals surface area contributed by atoms with Gasteiger partial charge in [0, 0.05) is 31.8 Å². The van der Waals surface area contributed by atoms with Crippen LogP contribution in [-0.4, -0.2) is 65.4 Å². The van der Waals surface area contributed by atoms with Crippen molar-refractivity contribution in [3.8, 4) is 22.6 Å². The summed E-state index contributed by atoms with van der Waals surface area (Å²) in [6, 6.07) is 17.4. The van der Waals surface area contributed by atoms with E-state index >= 15 is 0 Å². The number of carbonyl (C=O) groups excluding carboxylic acids is 1. The van der Waals surface area contributed by atoms with Gasteiger partial charge >= 0.3 is 0 Å². The van der Waals surface area contributed by atoms with Gasteiger partial charge in [0.1, 0.15) is 29.5 Å². The van der Waals surface area contributed by atoms with Gasteiger partial charge in [-0.15, -0.1) is 0 Å². The highest BCUT2D eigenvalue weighted by atomic mass is 16.5. The molecular formula is C27H32N6O2. The molecule has 3 aromatic rings. The van der Waals surface area contributed by atoms with Crippen LogP contribution < -0.4 is 15.8 Å². The summed E-state index contributed by atoms with van der Waals surface area (Å²) in [5, 5.41) is 3.51. The molecule has 35 heavy (non-hydrogen) atoms. The summed E-state index contributed by atoms with van der Waals surface area (Å²) >= 11 is 0. The Morgan fingerprint density at radius 2 is 1.89 bits per heavy atom. The molecule has 1 aliphatic heterocycles. The zero-order chi connectivity index (χ0) is 24.6. The van der Waals surface area contributed by atoms with Crippen LogP contribution in [-0.2, 0) is 4.79 Å². The molecule has 0 bridgehead atoms. The molecule has 0 radical (unpaired) electrons. The van der Waals surface area contributed by atoms with Crippen molar-refractivity contribution < 1.29 is 9.53 Å². The second-order valence-corrected chi connectivity index (χ2v) is 8.85. The number of carbonyl (C=O) groups is 1. The predicted molar refractivity (Wildman–Crippen MR) is 139 cm³/mol. The summed E-state index contributed by atoms with van der Waals surface area (Å²) in [7, 11) is 3.95. The van der Waals surface area contributed by atoms with Crippen LogP contribution in [0.25, 0.3) is 11.1 Å². The summed E-state index contributed by atoms with van der Waals surface area (Å²) in [6.45, 7) is 2.10. The van der Waals surface area contributed by atoms with Crippen LogP contribution in [0.5, 0.6) is 11.5 Å². The van der Waals surface area contributed by atoms with Crippen molar-refractivity contribution in [3.05, 3.63) is 73.1 Å². The molecule has 1 aromatic heterocycles. The summed E-state index contributed by atoms with van der Waals surface area (Å²) < 4.78 is 5.90. The van der Waals surface area contributed by atoms with Gasteiger partial charge in [-0.05, 0) is 56.8 Å². The standard InChI is InChI=1S/C27H32N6O2/c1-32(2)16-7-11-24(34)33-17-6-8-21(18-33)31-27-25(26(28)29-19-30-27)20-12-14-23(15-13-20)35-22-9-4-3-5-10-22/h3-5,7,9-15,19,21H,6,8,16-18H2,1-2H3,(H3,28,29,30,31)/t21-/m1/s1. The fourth-order valence-corrected chi connectivity index (χ4v) is 4.07. The third-order valence-electron chi connectivity index (χ3n) is 5.80. The number of ether oxygens (including phenoxy) is 1. The molecule has 4 rings (SSSR count). The number of hydrogen-bond donors (Lipinski definition) is 2. The first-order valence-electron chi connectivity index (χ1n) is 11.8. The monoisotopic (exact) mass is 472 g/mol. The number of piperidine rings is 1. The number of aromatic nitrogens is 2. The van der Waals surface area contributed by atoms with Crippen LogP contribution in [0.3, 0.4) is 0 Å². The van der Waals surface area contributed by atoms with E-state index in [0.717, 1.165) is 48.6 Å². The van der Waals surface area contributed by atoms with Crippen molar-refractivity contribution >= 4 is 17.5 Å². The van der Waals surface area contributed by atoms with Gasteiger partial charge in [-0.1, -0.05) is 36.4 Å². The molecule has 8 nitrogen and oxygen atoms in total. The summed E-state index contributed by atoms with van der Waals surface area (Å²) in [6.07, 6.45) is 6.89. The smallest absolute Gasteiger partial charge is 0.246 e. The normalized spacial score (nSPS) is 16.0. The lowest BCUT2D eigenvalue weighted by Gasteiger charge is -2.33. The Balaban J connectivity index is 1.46. The van der Waals surface area contributed by atoms with Crippen molar-refractivity contribution in [1.82, 2.24) is 19.8 Å². The number of likely N-dealkylation sites (tertiary alicyclic amines) is 1. The Hall–Kier alpha value is -3.91. The quantitative estimate of drug-likeness (QED) is 0.478. The van der Waals surface area contributed by atoms with Gasteiger partial charge in [-0.2, -0.15) is 0 Å². The molecule has 1 aliphatic rings.